The summed E-state index contributed by atoms with van der Waals surface area (Å²) < 4.78 is 14.2. The van der Waals surface area contributed by atoms with Gasteiger partial charge in [0.05, 0.1) is 34.8 Å². The summed E-state index contributed by atoms with van der Waals surface area (Å²) in [6.45, 7) is 17.1. The third-order valence-corrected chi connectivity index (χ3v) is 12.7. The third-order valence-electron chi connectivity index (χ3n) is 11.9. The van der Waals surface area contributed by atoms with E-state index in [-0.39, 0.29) is 91.1 Å². The van der Waals surface area contributed by atoms with Crippen molar-refractivity contribution in [1.29, 1.82) is 0 Å². The van der Waals surface area contributed by atoms with E-state index >= 15 is 0 Å². The fourth-order valence-corrected chi connectivity index (χ4v) is 9.19. The number of carbonyl (C=O) groups is 4. The number of amides is 4. The first kappa shape index (κ1) is 56.7. The van der Waals surface area contributed by atoms with Crippen LogP contribution in [0.1, 0.15) is 90.6 Å². The molecule has 0 saturated carbocycles. The van der Waals surface area contributed by atoms with Crippen molar-refractivity contribution in [3.63, 3.8) is 0 Å². The van der Waals surface area contributed by atoms with Crippen LogP contribution in [0, 0.1) is 11.3 Å². The summed E-state index contributed by atoms with van der Waals surface area (Å²) in [6, 6.07) is 7.42. The van der Waals surface area contributed by atoms with Crippen LogP contribution >= 0.6 is 65.3 Å². The van der Waals surface area contributed by atoms with Gasteiger partial charge in [-0.25, -0.2) is 15.2 Å². The van der Waals surface area contributed by atoms with Crippen molar-refractivity contribution in [2.45, 2.75) is 118 Å². The van der Waals surface area contributed by atoms with Gasteiger partial charge in [0, 0.05) is 85.8 Å². The number of rotatable bonds is 9. The Hall–Kier alpha value is -3.46. The number of hydrogen-bond acceptors (Lipinski definition) is 10. The molecule has 19 heteroatoms. The Balaban J connectivity index is 0.00000352. The van der Waals surface area contributed by atoms with Crippen molar-refractivity contribution in [3.8, 4) is 22.5 Å². The number of urea groups is 1. The zero-order valence-electron chi connectivity index (χ0n) is 39.0. The molecule has 64 heavy (non-hydrogen) atoms. The van der Waals surface area contributed by atoms with Crippen LogP contribution < -0.4 is 10.7 Å². The van der Waals surface area contributed by atoms with Crippen LogP contribution in [-0.2, 0) is 43.2 Å². The fourth-order valence-electron chi connectivity index (χ4n) is 8.34. The lowest BCUT2D eigenvalue weighted by molar-refractivity contribution is -0.155. The van der Waals surface area contributed by atoms with E-state index < -0.39 is 41.3 Å². The molecule has 4 atom stereocenters. The fraction of sp³-hybridized carbons (Fsp3) is 0.556. The Bertz CT molecular complexity index is 2230. The predicted molar refractivity (Wildman–Crippen MR) is 276 cm³/mol. The normalized spacial score (nSPS) is 18.3. The zero-order chi connectivity index (χ0) is 43.6. The summed E-state index contributed by atoms with van der Waals surface area (Å²) in [5, 5.41) is 8.15. The molecule has 6 bridgehead atoms. The second kappa shape index (κ2) is 23.8. The third kappa shape index (κ3) is 12.1. The molecule has 4 aromatic rings. The first-order valence-electron chi connectivity index (χ1n) is 21.1. The number of benzene rings is 1. The molecule has 14 nitrogen and oxygen atoms in total. The van der Waals surface area contributed by atoms with Gasteiger partial charge in [-0.05, 0) is 82.7 Å². The van der Waals surface area contributed by atoms with Gasteiger partial charge in [-0.15, -0.1) is 11.3 Å². The number of cyclic esters (lactones) is 1. The largest absolute Gasteiger partial charge is 0.464 e. The average Bonchev–Trinajstić information content (AvgIpc) is 3.82. The molecule has 1 saturated heterocycles. The van der Waals surface area contributed by atoms with E-state index in [2.05, 4.69) is 60.3 Å². The molecule has 2 aliphatic rings. The molecule has 1 aromatic carbocycles. The molecule has 4 amide bonds. The van der Waals surface area contributed by atoms with E-state index in [1.165, 1.54) is 21.2 Å². The predicted octanol–water partition coefficient (Wildman–Crippen LogP) is 7.07. The van der Waals surface area contributed by atoms with Gasteiger partial charge in [0.15, 0.2) is 0 Å². The Kier molecular flexibility index (Phi) is 21.1. The van der Waals surface area contributed by atoms with Crippen molar-refractivity contribution in [2.24, 2.45) is 11.3 Å². The number of esters is 1. The van der Waals surface area contributed by atoms with E-state index in [0.717, 1.165) is 44.7 Å². The smallest absolute Gasteiger partial charge is 0.324 e. The molecule has 0 radical (unpaired) electrons. The Morgan fingerprint density at radius 1 is 1.06 bits per heavy atom. The minimum atomic E-state index is -1.04. The van der Waals surface area contributed by atoms with Gasteiger partial charge in [0.25, 0.3) is 5.91 Å². The zero-order valence-corrected chi connectivity index (χ0v) is 43.8. The maximum atomic E-state index is 14.5. The number of ether oxygens (including phenoxy) is 2. The second-order valence-corrected chi connectivity index (χ2v) is 18.5. The molecule has 1 fully saturated rings. The maximum Gasteiger partial charge on any atom is 0.324 e. The van der Waals surface area contributed by atoms with Crippen molar-refractivity contribution in [1.82, 2.24) is 40.1 Å². The van der Waals surface area contributed by atoms with Crippen LogP contribution in [0.15, 0.2) is 41.9 Å². The topological polar surface area (TPSA) is 151 Å². The van der Waals surface area contributed by atoms with Crippen molar-refractivity contribution in [2.75, 3.05) is 34.4 Å². The quantitative estimate of drug-likeness (QED) is 0.168. The maximum absolute atomic E-state index is 14.5. The summed E-state index contributed by atoms with van der Waals surface area (Å²) in [6.07, 6.45) is 3.29. The summed E-state index contributed by atoms with van der Waals surface area (Å²) in [7, 11) is 5.01. The van der Waals surface area contributed by atoms with Crippen LogP contribution in [-0.4, -0.2) is 112 Å². The summed E-state index contributed by atoms with van der Waals surface area (Å²) in [5.41, 5.74) is 9.37. The first-order chi connectivity index (χ1) is 28.5. The summed E-state index contributed by atoms with van der Waals surface area (Å²) in [5.74, 6) is -1.54. The SMILES string of the molecule is CCn1c(-c2cccnc2[C@H](C)OC)c2c3cc(ccc31)-c1csc(n1)C[C@H](NC(=O)[C@H](C(C)C)N(C)C(=O)N(C)C(C)C)C(=O)N1CCC[C@H](N1)C(=O)OCC(C)(C)C2.S.S.S.S. The number of methoxy groups -OCH3 is 1. The molecular formula is C45H70N8O6S5. The molecule has 5 heterocycles. The number of carbonyl (C=O) groups excluding carboxylic acids is 4. The standard InChI is InChI=1S/C45H62N8O6S.4H2S/c1-12-52-36-18-17-29-21-31(36)32(40(52)30-15-13-19-46-38(30)28(6)58-11)23-45(7,8)25-59-43(56)33-16-14-20-53(49-33)42(55)34(22-37-47-35(29)24-60-37)48-41(54)39(26(2)3)51(10)44(57)50(9)27(4)5;;;;/h13,15,17-19,21,24,26-28,33-34,39,49H,12,14,16,20,22-23,25H2,1-11H3,(H,48,54);4*1H2/t28-,33-,34-,39-;;;;/m0..../s1. The van der Waals surface area contributed by atoms with Crippen molar-refractivity contribution >= 4 is 100 Å². The lowest BCUT2D eigenvalue weighted by Crippen LogP contribution is -2.62. The van der Waals surface area contributed by atoms with Crippen LogP contribution in [0.5, 0.6) is 0 Å². The van der Waals surface area contributed by atoms with Gasteiger partial charge in [-0.1, -0.05) is 33.8 Å². The van der Waals surface area contributed by atoms with Crippen LogP contribution in [0.2, 0.25) is 0 Å². The molecule has 2 aliphatic heterocycles. The van der Waals surface area contributed by atoms with Gasteiger partial charge < -0.3 is 29.2 Å². The number of aryl methyl sites for hydroxylation is 1. The molecule has 6 rings (SSSR count). The van der Waals surface area contributed by atoms with Gasteiger partial charge in [-0.2, -0.15) is 54.0 Å². The molecule has 2 N–H and O–H groups in total. The van der Waals surface area contributed by atoms with Crippen molar-refractivity contribution in [3.05, 3.63) is 58.2 Å². The Morgan fingerprint density at radius 3 is 2.41 bits per heavy atom. The highest BCUT2D eigenvalue weighted by molar-refractivity contribution is 7.59. The number of hydrogen-bond donors (Lipinski definition) is 2. The van der Waals surface area contributed by atoms with Gasteiger partial charge >= 0.3 is 12.0 Å². The summed E-state index contributed by atoms with van der Waals surface area (Å²) >= 11 is 1.42. The van der Waals surface area contributed by atoms with Crippen LogP contribution in [0.4, 0.5) is 4.79 Å². The molecule has 3 aromatic heterocycles. The Morgan fingerprint density at radius 2 is 1.77 bits per heavy atom. The molecule has 0 spiro atoms. The van der Waals surface area contributed by atoms with Gasteiger partial charge in [0.2, 0.25) is 5.91 Å². The number of nitrogens with zero attached hydrogens (tertiary/aromatic N) is 6. The number of likely N-dealkylation sites (N-methyl/N-ethyl adjacent to an activating group) is 1. The summed E-state index contributed by atoms with van der Waals surface area (Å²) in [4.78, 5) is 68.8. The highest BCUT2D eigenvalue weighted by Crippen LogP contribution is 2.42. The number of nitrogens with one attached hydrogen (secondary N) is 2. The minimum Gasteiger partial charge on any atom is -0.464 e. The van der Waals surface area contributed by atoms with Crippen LogP contribution in [0.25, 0.3) is 33.4 Å². The average molecular weight is 979 g/mol. The number of hydrazine groups is 1. The number of pyridine rings is 1. The lowest BCUT2D eigenvalue weighted by atomic mass is 9.84. The highest BCUT2D eigenvalue weighted by atomic mass is 32.1. The lowest BCUT2D eigenvalue weighted by Gasteiger charge is -2.37. The molecule has 356 valence electrons. The van der Waals surface area contributed by atoms with Gasteiger partial charge in [0.1, 0.15) is 18.1 Å². The first-order valence-corrected chi connectivity index (χ1v) is 22.0. The number of fused-ring (bicyclic) bond motifs is 6. The second-order valence-electron chi connectivity index (χ2n) is 17.6. The van der Waals surface area contributed by atoms with Gasteiger partial charge in [-0.3, -0.25) is 24.4 Å². The Labute approximate surface area is 410 Å². The monoisotopic (exact) mass is 978 g/mol. The molecular weight excluding hydrogens is 909 g/mol. The van der Waals surface area contributed by atoms with Crippen LogP contribution in [0.3, 0.4) is 0 Å². The number of thiazole rings is 1. The van der Waals surface area contributed by atoms with E-state index in [4.69, 9.17) is 19.4 Å². The minimum absolute atomic E-state index is 0. The molecule has 0 aliphatic carbocycles. The molecule has 0 unspecified atom stereocenters. The van der Waals surface area contributed by atoms with E-state index in [9.17, 15) is 19.2 Å². The van der Waals surface area contributed by atoms with E-state index in [0.29, 0.717) is 37.4 Å². The van der Waals surface area contributed by atoms with E-state index in [1.54, 1.807) is 32.3 Å². The number of aromatic nitrogens is 3. The van der Waals surface area contributed by atoms with Crippen molar-refractivity contribution < 1.29 is 28.7 Å². The van der Waals surface area contributed by atoms with E-state index in [1.807, 2.05) is 46.1 Å². The highest BCUT2D eigenvalue weighted by Gasteiger charge is 2.38.